The highest BCUT2D eigenvalue weighted by molar-refractivity contribution is 7.12. The van der Waals surface area contributed by atoms with Gasteiger partial charge in [0.25, 0.3) is 5.91 Å². The molecule has 0 radical (unpaired) electrons. The zero-order valence-corrected chi connectivity index (χ0v) is 11.6. The number of nitrogens with one attached hydrogen (secondary N) is 1. The van der Waals surface area contributed by atoms with Crippen molar-refractivity contribution in [3.05, 3.63) is 21.9 Å². The average molecular weight is 255 g/mol. The molecule has 0 aliphatic carbocycles. The molecule has 3 nitrogen and oxygen atoms in total. The number of rotatable bonds is 6. The van der Waals surface area contributed by atoms with Gasteiger partial charge >= 0.3 is 0 Å². The molecule has 96 valence electrons. The number of aryl methyl sites for hydroxylation is 1. The first kappa shape index (κ1) is 14.2. The molecule has 0 spiro atoms. The van der Waals surface area contributed by atoms with E-state index in [2.05, 4.69) is 19.2 Å². The van der Waals surface area contributed by atoms with Crippen molar-refractivity contribution in [1.82, 2.24) is 5.32 Å². The summed E-state index contributed by atoms with van der Waals surface area (Å²) in [5, 5.41) is 13.7. The van der Waals surface area contributed by atoms with Crippen molar-refractivity contribution in [2.45, 2.75) is 33.6 Å². The van der Waals surface area contributed by atoms with Crippen LogP contribution in [0.25, 0.3) is 0 Å². The first-order valence-electron chi connectivity index (χ1n) is 5.89. The van der Waals surface area contributed by atoms with E-state index >= 15 is 0 Å². The van der Waals surface area contributed by atoms with Gasteiger partial charge in [-0.1, -0.05) is 13.8 Å². The number of amides is 1. The molecule has 0 aliphatic rings. The molecule has 1 aromatic heterocycles. The molecule has 4 heteroatoms. The maximum atomic E-state index is 11.9. The Labute approximate surface area is 107 Å². The third-order valence-electron chi connectivity index (χ3n) is 2.81. The van der Waals surface area contributed by atoms with Gasteiger partial charge in [-0.15, -0.1) is 11.3 Å². The summed E-state index contributed by atoms with van der Waals surface area (Å²) < 4.78 is 0. The minimum absolute atomic E-state index is 0.00886. The van der Waals surface area contributed by atoms with Gasteiger partial charge in [0.05, 0.1) is 4.88 Å². The molecule has 0 bridgehead atoms. The molecule has 1 amide bonds. The van der Waals surface area contributed by atoms with Crippen molar-refractivity contribution in [2.24, 2.45) is 5.41 Å². The van der Waals surface area contributed by atoms with Gasteiger partial charge in [-0.2, -0.15) is 0 Å². The molecule has 0 aliphatic heterocycles. The second-order valence-electron chi connectivity index (χ2n) is 5.11. The third-order valence-corrected chi connectivity index (χ3v) is 3.82. The molecule has 0 saturated carbocycles. The smallest absolute Gasteiger partial charge is 0.261 e. The van der Waals surface area contributed by atoms with Crippen LogP contribution < -0.4 is 5.32 Å². The predicted molar refractivity (Wildman–Crippen MR) is 71.5 cm³/mol. The maximum absolute atomic E-state index is 11.9. The Hall–Kier alpha value is -0.870. The Morgan fingerprint density at radius 3 is 2.76 bits per heavy atom. The topological polar surface area (TPSA) is 49.3 Å². The number of thiophene rings is 1. The van der Waals surface area contributed by atoms with Crippen LogP contribution in [-0.4, -0.2) is 24.2 Å². The molecular weight excluding hydrogens is 234 g/mol. The minimum atomic E-state index is 0.00886. The Bertz CT molecular complexity index is 371. The second-order valence-corrected chi connectivity index (χ2v) is 6.02. The monoisotopic (exact) mass is 255 g/mol. The normalized spacial score (nSPS) is 11.5. The first-order chi connectivity index (χ1) is 7.96. The lowest BCUT2D eigenvalue weighted by atomic mass is 9.88. The van der Waals surface area contributed by atoms with E-state index in [4.69, 9.17) is 5.11 Å². The van der Waals surface area contributed by atoms with Crippen molar-refractivity contribution in [3.63, 3.8) is 0 Å². The Balaban J connectivity index is 2.45. The molecule has 1 rings (SSSR count). The molecule has 17 heavy (non-hydrogen) atoms. The fourth-order valence-corrected chi connectivity index (χ4v) is 2.49. The van der Waals surface area contributed by atoms with E-state index in [0.29, 0.717) is 6.54 Å². The summed E-state index contributed by atoms with van der Waals surface area (Å²) in [5.74, 6) is 0.00886. The number of carbonyl (C=O) groups excluding carboxylic acids is 1. The van der Waals surface area contributed by atoms with E-state index in [-0.39, 0.29) is 17.9 Å². The Morgan fingerprint density at radius 1 is 1.53 bits per heavy atom. The van der Waals surface area contributed by atoms with Gasteiger partial charge in [-0.05, 0) is 42.2 Å². The Morgan fingerprint density at radius 2 is 2.24 bits per heavy atom. The van der Waals surface area contributed by atoms with Crippen molar-refractivity contribution >= 4 is 17.2 Å². The fourth-order valence-electron chi connectivity index (χ4n) is 1.65. The predicted octanol–water partition coefficient (Wildman–Crippen LogP) is 2.59. The number of carbonyl (C=O) groups is 1. The van der Waals surface area contributed by atoms with E-state index in [1.54, 1.807) is 0 Å². The number of hydrogen-bond acceptors (Lipinski definition) is 3. The molecule has 1 heterocycles. The highest BCUT2D eigenvalue weighted by Gasteiger charge is 2.19. The summed E-state index contributed by atoms with van der Waals surface area (Å²) in [7, 11) is 0. The van der Waals surface area contributed by atoms with E-state index in [0.717, 1.165) is 23.3 Å². The fraction of sp³-hybridized carbons (Fsp3) is 0.615. The quantitative estimate of drug-likeness (QED) is 0.821. The average Bonchev–Trinajstić information content (AvgIpc) is 2.70. The van der Waals surface area contributed by atoms with Crippen molar-refractivity contribution < 1.29 is 9.90 Å². The lowest BCUT2D eigenvalue weighted by Crippen LogP contribution is -2.34. The Kier molecular flexibility index (Phi) is 5.15. The van der Waals surface area contributed by atoms with Crippen LogP contribution in [0.1, 0.15) is 41.9 Å². The number of hydrogen-bond donors (Lipinski definition) is 2. The van der Waals surface area contributed by atoms with Crippen LogP contribution in [0.3, 0.4) is 0 Å². The van der Waals surface area contributed by atoms with Gasteiger partial charge in [0, 0.05) is 13.2 Å². The summed E-state index contributed by atoms with van der Waals surface area (Å²) in [6, 6.07) is 1.95. The summed E-state index contributed by atoms with van der Waals surface area (Å²) in [6.07, 6.45) is 1.69. The SMILES string of the molecule is Cc1ccsc1C(=O)NCC(C)(C)CCCO. The highest BCUT2D eigenvalue weighted by atomic mass is 32.1. The van der Waals surface area contributed by atoms with Crippen molar-refractivity contribution in [1.29, 1.82) is 0 Å². The van der Waals surface area contributed by atoms with Crippen LogP contribution in [0.5, 0.6) is 0 Å². The molecule has 1 aromatic rings. The van der Waals surface area contributed by atoms with Crippen LogP contribution in [0.15, 0.2) is 11.4 Å². The van der Waals surface area contributed by atoms with Gasteiger partial charge in [-0.25, -0.2) is 0 Å². The summed E-state index contributed by atoms with van der Waals surface area (Å²) in [5.41, 5.74) is 1.06. The zero-order valence-electron chi connectivity index (χ0n) is 10.7. The third kappa shape index (κ3) is 4.48. The van der Waals surface area contributed by atoms with Gasteiger partial charge in [0.15, 0.2) is 0 Å². The summed E-state index contributed by atoms with van der Waals surface area (Å²) in [4.78, 5) is 12.7. The van der Waals surface area contributed by atoms with E-state index in [1.807, 2.05) is 18.4 Å². The number of aliphatic hydroxyl groups excluding tert-OH is 1. The standard InChI is InChI=1S/C13H21NO2S/c1-10-5-8-17-11(10)12(16)14-9-13(2,3)6-4-7-15/h5,8,15H,4,6-7,9H2,1-3H3,(H,14,16). The molecule has 2 N–H and O–H groups in total. The molecule has 0 aromatic carbocycles. The van der Waals surface area contributed by atoms with E-state index in [1.165, 1.54) is 11.3 Å². The molecule has 0 fully saturated rings. The van der Waals surface area contributed by atoms with Gasteiger partial charge in [0.1, 0.15) is 0 Å². The van der Waals surface area contributed by atoms with Crippen LogP contribution in [-0.2, 0) is 0 Å². The number of aliphatic hydroxyl groups is 1. The van der Waals surface area contributed by atoms with Crippen LogP contribution in [0.4, 0.5) is 0 Å². The van der Waals surface area contributed by atoms with E-state index in [9.17, 15) is 4.79 Å². The molecule has 0 unspecified atom stereocenters. The molecular formula is C13H21NO2S. The zero-order chi connectivity index (χ0) is 12.9. The lowest BCUT2D eigenvalue weighted by molar-refractivity contribution is 0.0936. The van der Waals surface area contributed by atoms with Gasteiger partial charge in [0.2, 0.25) is 0 Å². The molecule has 0 saturated heterocycles. The maximum Gasteiger partial charge on any atom is 0.261 e. The second kappa shape index (κ2) is 6.17. The van der Waals surface area contributed by atoms with Crippen molar-refractivity contribution in [3.8, 4) is 0 Å². The summed E-state index contributed by atoms with van der Waals surface area (Å²) >= 11 is 1.47. The largest absolute Gasteiger partial charge is 0.396 e. The van der Waals surface area contributed by atoms with E-state index < -0.39 is 0 Å². The van der Waals surface area contributed by atoms with Crippen molar-refractivity contribution in [2.75, 3.05) is 13.2 Å². The lowest BCUT2D eigenvalue weighted by Gasteiger charge is -2.24. The first-order valence-corrected chi connectivity index (χ1v) is 6.77. The van der Waals surface area contributed by atoms with Gasteiger partial charge in [-0.3, -0.25) is 4.79 Å². The van der Waals surface area contributed by atoms with Crippen LogP contribution in [0, 0.1) is 12.3 Å². The van der Waals surface area contributed by atoms with Gasteiger partial charge < -0.3 is 10.4 Å². The minimum Gasteiger partial charge on any atom is -0.396 e. The highest BCUT2D eigenvalue weighted by Crippen LogP contribution is 2.21. The van der Waals surface area contributed by atoms with Crippen LogP contribution >= 0.6 is 11.3 Å². The summed E-state index contributed by atoms with van der Waals surface area (Å²) in [6.45, 7) is 7.00. The van der Waals surface area contributed by atoms with Crippen LogP contribution in [0.2, 0.25) is 0 Å². The molecule has 0 atom stereocenters.